The molecule has 0 aromatic heterocycles. The Bertz CT molecular complexity index is 1430. The number of rotatable bonds is 11. The molecule has 3 aromatic carbocycles. The molecule has 1 fully saturated rings. The summed E-state index contributed by atoms with van der Waals surface area (Å²) in [4.78, 5) is 29.4. The van der Waals surface area contributed by atoms with Gasteiger partial charge in [0.05, 0.1) is 11.9 Å². The summed E-state index contributed by atoms with van der Waals surface area (Å²) in [7, 11) is -3.85. The fourth-order valence-corrected chi connectivity index (χ4v) is 6.36. The highest BCUT2D eigenvalue weighted by molar-refractivity contribution is 9.10. The summed E-state index contributed by atoms with van der Waals surface area (Å²) in [5.74, 6) is -1.25. The molecule has 41 heavy (non-hydrogen) atoms. The fourth-order valence-electron chi connectivity index (χ4n) is 5.13. The molecule has 1 saturated carbocycles. The van der Waals surface area contributed by atoms with Gasteiger partial charge in [0.25, 0.3) is 0 Å². The third-order valence-electron chi connectivity index (χ3n) is 7.26. The molecule has 0 spiro atoms. The van der Waals surface area contributed by atoms with Crippen LogP contribution in [-0.4, -0.2) is 50.0 Å². The third kappa shape index (κ3) is 8.87. The number of amides is 2. The second kappa shape index (κ2) is 14.1. The van der Waals surface area contributed by atoms with Crippen molar-refractivity contribution in [1.82, 2.24) is 10.2 Å². The summed E-state index contributed by atoms with van der Waals surface area (Å²) < 4.78 is 41.2. The Labute approximate surface area is 249 Å². The standard InChI is InChI=1S/C31H35BrFN3O4S/c1-41(39,40)36(28-14-8-11-25(32)20-28)22-30(37)35(21-24-15-17-26(33)18-16-24)29(19-23-9-4-2-5-10-23)31(38)34-27-12-6-3-7-13-27/h2,4-5,8-11,14-18,20,27,29H,3,6-7,12-13,19,21-22H2,1H3,(H,34,38)/t29-/m1/s1. The molecule has 1 atom stereocenters. The average Bonchev–Trinajstić information content (AvgIpc) is 2.95. The van der Waals surface area contributed by atoms with Crippen molar-refractivity contribution in [2.75, 3.05) is 17.1 Å². The van der Waals surface area contributed by atoms with Crippen molar-refractivity contribution in [3.63, 3.8) is 0 Å². The smallest absolute Gasteiger partial charge is 0.244 e. The molecule has 1 N–H and O–H groups in total. The number of sulfonamides is 1. The minimum Gasteiger partial charge on any atom is -0.352 e. The molecular formula is C31H35BrFN3O4S. The number of carbonyl (C=O) groups is 2. The van der Waals surface area contributed by atoms with Gasteiger partial charge in [-0.05, 0) is 54.3 Å². The van der Waals surface area contributed by atoms with Crippen LogP contribution in [0.2, 0.25) is 0 Å². The molecule has 0 bridgehead atoms. The van der Waals surface area contributed by atoms with Crippen molar-refractivity contribution >= 4 is 43.5 Å². The maximum Gasteiger partial charge on any atom is 0.244 e. The largest absolute Gasteiger partial charge is 0.352 e. The normalized spacial score (nSPS) is 14.7. The van der Waals surface area contributed by atoms with E-state index in [-0.39, 0.29) is 24.9 Å². The van der Waals surface area contributed by atoms with E-state index in [1.165, 1.54) is 17.0 Å². The van der Waals surface area contributed by atoms with Crippen molar-refractivity contribution in [2.45, 2.75) is 57.2 Å². The van der Waals surface area contributed by atoms with Crippen LogP contribution in [0.25, 0.3) is 0 Å². The van der Waals surface area contributed by atoms with Crippen LogP contribution in [0, 0.1) is 5.82 Å². The Morgan fingerprint density at radius 3 is 2.27 bits per heavy atom. The van der Waals surface area contributed by atoms with Crippen LogP contribution in [0.5, 0.6) is 0 Å². The first-order valence-electron chi connectivity index (χ1n) is 13.7. The maximum atomic E-state index is 14.1. The number of carbonyl (C=O) groups excluding carboxylic acids is 2. The van der Waals surface area contributed by atoms with E-state index in [4.69, 9.17) is 0 Å². The van der Waals surface area contributed by atoms with Crippen LogP contribution in [0.3, 0.4) is 0 Å². The van der Waals surface area contributed by atoms with Gasteiger partial charge >= 0.3 is 0 Å². The van der Waals surface area contributed by atoms with Gasteiger partial charge in [-0.15, -0.1) is 0 Å². The molecular weight excluding hydrogens is 609 g/mol. The van der Waals surface area contributed by atoms with Crippen LogP contribution in [0.4, 0.5) is 10.1 Å². The van der Waals surface area contributed by atoms with E-state index in [1.54, 1.807) is 36.4 Å². The van der Waals surface area contributed by atoms with Crippen molar-refractivity contribution in [3.8, 4) is 0 Å². The Hall–Kier alpha value is -3.24. The van der Waals surface area contributed by atoms with Gasteiger partial charge in [0, 0.05) is 23.5 Å². The monoisotopic (exact) mass is 643 g/mol. The molecule has 3 aromatic rings. The number of halogens is 2. The van der Waals surface area contributed by atoms with Crippen LogP contribution < -0.4 is 9.62 Å². The van der Waals surface area contributed by atoms with Crippen molar-refractivity contribution in [2.24, 2.45) is 0 Å². The van der Waals surface area contributed by atoms with E-state index >= 15 is 0 Å². The van der Waals surface area contributed by atoms with Crippen molar-refractivity contribution in [1.29, 1.82) is 0 Å². The van der Waals surface area contributed by atoms with E-state index in [0.717, 1.165) is 48.2 Å². The Morgan fingerprint density at radius 1 is 0.951 bits per heavy atom. The van der Waals surface area contributed by atoms with Crippen LogP contribution >= 0.6 is 15.9 Å². The van der Waals surface area contributed by atoms with Crippen LogP contribution in [0.15, 0.2) is 83.3 Å². The minimum atomic E-state index is -3.85. The lowest BCUT2D eigenvalue weighted by Gasteiger charge is -2.35. The van der Waals surface area contributed by atoms with E-state index in [1.807, 2.05) is 30.3 Å². The van der Waals surface area contributed by atoms with Gasteiger partial charge < -0.3 is 10.2 Å². The predicted octanol–water partition coefficient (Wildman–Crippen LogP) is 5.44. The van der Waals surface area contributed by atoms with Crippen LogP contribution in [-0.2, 0) is 32.6 Å². The molecule has 0 aliphatic heterocycles. The Kier molecular flexibility index (Phi) is 10.6. The summed E-state index contributed by atoms with van der Waals surface area (Å²) in [6.45, 7) is -0.497. The van der Waals surface area contributed by atoms with E-state index in [2.05, 4.69) is 21.2 Å². The Balaban J connectivity index is 1.71. The van der Waals surface area contributed by atoms with Gasteiger partial charge in [-0.3, -0.25) is 13.9 Å². The van der Waals surface area contributed by atoms with Gasteiger partial charge in [-0.25, -0.2) is 12.8 Å². The summed E-state index contributed by atoms with van der Waals surface area (Å²) >= 11 is 3.37. The second-order valence-electron chi connectivity index (χ2n) is 10.4. The first kappa shape index (κ1) is 30.7. The highest BCUT2D eigenvalue weighted by Gasteiger charge is 2.34. The number of hydrogen-bond donors (Lipinski definition) is 1. The van der Waals surface area contributed by atoms with Gasteiger partial charge in [0.2, 0.25) is 21.8 Å². The van der Waals surface area contributed by atoms with E-state index in [0.29, 0.717) is 15.7 Å². The SMILES string of the molecule is CS(=O)(=O)N(CC(=O)N(Cc1ccc(F)cc1)[C@H](Cc1ccccc1)C(=O)NC1CCCCC1)c1cccc(Br)c1. The number of benzene rings is 3. The molecule has 7 nitrogen and oxygen atoms in total. The van der Waals surface area contributed by atoms with Gasteiger partial charge in [0.15, 0.2) is 0 Å². The first-order valence-corrected chi connectivity index (χ1v) is 16.4. The third-order valence-corrected chi connectivity index (χ3v) is 8.90. The van der Waals surface area contributed by atoms with E-state index in [9.17, 15) is 22.4 Å². The van der Waals surface area contributed by atoms with Crippen molar-refractivity contribution < 1.29 is 22.4 Å². The van der Waals surface area contributed by atoms with Gasteiger partial charge in [0.1, 0.15) is 18.4 Å². The van der Waals surface area contributed by atoms with Crippen LogP contribution in [0.1, 0.15) is 43.2 Å². The highest BCUT2D eigenvalue weighted by atomic mass is 79.9. The lowest BCUT2D eigenvalue weighted by atomic mass is 9.94. The lowest BCUT2D eigenvalue weighted by Crippen LogP contribution is -2.55. The first-order chi connectivity index (χ1) is 19.6. The quantitative estimate of drug-likeness (QED) is 0.301. The summed E-state index contributed by atoms with van der Waals surface area (Å²) in [6.07, 6.45) is 6.22. The number of anilines is 1. The molecule has 0 heterocycles. The maximum absolute atomic E-state index is 14.1. The summed E-state index contributed by atoms with van der Waals surface area (Å²) in [5.41, 5.74) is 1.81. The van der Waals surface area contributed by atoms with Gasteiger partial charge in [-0.2, -0.15) is 0 Å². The summed E-state index contributed by atoms with van der Waals surface area (Å²) in [5, 5.41) is 3.16. The number of nitrogens with zero attached hydrogens (tertiary/aromatic N) is 2. The minimum absolute atomic E-state index is 0.00475. The average molecular weight is 645 g/mol. The molecule has 10 heteroatoms. The molecule has 4 rings (SSSR count). The fraction of sp³-hybridized carbons (Fsp3) is 0.355. The molecule has 0 unspecified atom stereocenters. The zero-order valence-electron chi connectivity index (χ0n) is 23.0. The molecule has 218 valence electrons. The molecule has 1 aliphatic carbocycles. The lowest BCUT2D eigenvalue weighted by molar-refractivity contribution is -0.140. The zero-order chi connectivity index (χ0) is 29.4. The zero-order valence-corrected chi connectivity index (χ0v) is 25.4. The van der Waals surface area contributed by atoms with Crippen molar-refractivity contribution in [3.05, 3.63) is 100 Å². The molecule has 2 amide bonds. The molecule has 0 radical (unpaired) electrons. The van der Waals surface area contributed by atoms with Gasteiger partial charge in [-0.1, -0.05) is 83.7 Å². The number of hydrogen-bond acceptors (Lipinski definition) is 4. The highest BCUT2D eigenvalue weighted by Crippen LogP contribution is 2.24. The second-order valence-corrected chi connectivity index (χ2v) is 13.3. The molecule has 1 aliphatic rings. The Morgan fingerprint density at radius 2 is 1.63 bits per heavy atom. The number of nitrogens with one attached hydrogen (secondary N) is 1. The predicted molar refractivity (Wildman–Crippen MR) is 162 cm³/mol. The topological polar surface area (TPSA) is 86.8 Å². The van der Waals surface area contributed by atoms with E-state index < -0.39 is 34.3 Å². The molecule has 0 saturated heterocycles. The summed E-state index contributed by atoms with van der Waals surface area (Å²) in [6, 6.07) is 20.9.